The zero-order valence-corrected chi connectivity index (χ0v) is 11.7. The first-order chi connectivity index (χ1) is 8.99. The van der Waals surface area contributed by atoms with Gasteiger partial charge in [0.1, 0.15) is 6.20 Å². The third-order valence-electron chi connectivity index (χ3n) is 3.49. The number of hydrogen-bond donors (Lipinski definition) is 0. The number of rotatable bonds is 3. The second kappa shape index (κ2) is 5.66. The van der Waals surface area contributed by atoms with Crippen LogP contribution >= 0.6 is 11.6 Å². The molecule has 0 bridgehead atoms. The fourth-order valence-electron chi connectivity index (χ4n) is 2.29. The van der Waals surface area contributed by atoms with Gasteiger partial charge in [-0.15, -0.1) is 0 Å². The van der Waals surface area contributed by atoms with Gasteiger partial charge in [-0.1, -0.05) is 0 Å². The van der Waals surface area contributed by atoms with Crippen molar-refractivity contribution in [3.8, 4) is 0 Å². The van der Waals surface area contributed by atoms with E-state index in [1.165, 1.54) is 0 Å². The molecular weight excluding hydrogens is 270 g/mol. The second-order valence-corrected chi connectivity index (χ2v) is 5.09. The van der Waals surface area contributed by atoms with Crippen LogP contribution in [0.25, 0.3) is 0 Å². The molecule has 0 spiro atoms. The minimum Gasteiger partial charge on any atom is -0.351 e. The van der Waals surface area contributed by atoms with Crippen LogP contribution in [0, 0.1) is 10.1 Å². The zero-order chi connectivity index (χ0) is 14.0. The molecule has 1 fully saturated rings. The fraction of sp³-hybridized carbons (Fsp3) is 0.636. The van der Waals surface area contributed by atoms with E-state index in [-0.39, 0.29) is 17.0 Å². The fourth-order valence-corrected chi connectivity index (χ4v) is 2.42. The topological polar surface area (TPSA) is 75.4 Å². The van der Waals surface area contributed by atoms with Crippen molar-refractivity contribution in [3.05, 3.63) is 21.6 Å². The summed E-state index contributed by atoms with van der Waals surface area (Å²) in [5.74, 6) is 0.291. The maximum atomic E-state index is 11.0. The Balaban J connectivity index is 2.25. The molecule has 0 saturated carbocycles. The van der Waals surface area contributed by atoms with Crippen molar-refractivity contribution in [3.63, 3.8) is 0 Å². The van der Waals surface area contributed by atoms with E-state index in [9.17, 15) is 10.1 Å². The Morgan fingerprint density at radius 1 is 1.53 bits per heavy atom. The highest BCUT2D eigenvalue weighted by atomic mass is 35.5. The molecule has 19 heavy (non-hydrogen) atoms. The highest BCUT2D eigenvalue weighted by Crippen LogP contribution is 2.29. The molecule has 1 aliphatic rings. The molecule has 2 rings (SSSR count). The highest BCUT2D eigenvalue weighted by Gasteiger charge is 2.27. The van der Waals surface area contributed by atoms with Gasteiger partial charge in [0.2, 0.25) is 11.1 Å². The van der Waals surface area contributed by atoms with Crippen molar-refractivity contribution >= 4 is 23.1 Å². The SMILES string of the molecule is CN1CCC(N(C)c2nc(Cl)ncc2[N+](=O)[O-])CC1. The van der Waals surface area contributed by atoms with E-state index in [1.807, 2.05) is 11.9 Å². The summed E-state index contributed by atoms with van der Waals surface area (Å²) in [7, 11) is 3.89. The molecule has 7 nitrogen and oxygen atoms in total. The van der Waals surface area contributed by atoms with Crippen molar-refractivity contribution in [1.82, 2.24) is 14.9 Å². The van der Waals surface area contributed by atoms with Gasteiger partial charge in [0.05, 0.1) is 4.92 Å². The van der Waals surface area contributed by atoms with Gasteiger partial charge >= 0.3 is 5.69 Å². The summed E-state index contributed by atoms with van der Waals surface area (Å²) in [4.78, 5) is 22.3. The lowest BCUT2D eigenvalue weighted by molar-refractivity contribution is -0.384. The van der Waals surface area contributed by atoms with Gasteiger partial charge < -0.3 is 9.80 Å². The predicted octanol–water partition coefficient (Wildman–Crippen LogP) is 1.57. The maximum absolute atomic E-state index is 11.0. The summed E-state index contributed by atoms with van der Waals surface area (Å²) < 4.78 is 0. The van der Waals surface area contributed by atoms with Crippen LogP contribution in [0.1, 0.15) is 12.8 Å². The molecule has 0 amide bonds. The van der Waals surface area contributed by atoms with Crippen LogP contribution in [0.2, 0.25) is 5.28 Å². The Morgan fingerprint density at radius 3 is 2.74 bits per heavy atom. The van der Waals surface area contributed by atoms with Gasteiger partial charge in [0, 0.05) is 13.1 Å². The van der Waals surface area contributed by atoms with Gasteiger partial charge in [-0.2, -0.15) is 4.98 Å². The molecule has 0 aromatic carbocycles. The number of hydrogen-bond acceptors (Lipinski definition) is 6. The van der Waals surface area contributed by atoms with E-state index in [1.54, 1.807) is 0 Å². The molecule has 104 valence electrons. The van der Waals surface area contributed by atoms with Crippen LogP contribution in [0.3, 0.4) is 0 Å². The number of anilines is 1. The Hall–Kier alpha value is -1.47. The molecule has 2 heterocycles. The summed E-state index contributed by atoms with van der Waals surface area (Å²) in [5, 5.41) is 11.0. The summed E-state index contributed by atoms with van der Waals surface area (Å²) in [5.41, 5.74) is -0.106. The van der Waals surface area contributed by atoms with Crippen molar-refractivity contribution in [2.45, 2.75) is 18.9 Å². The van der Waals surface area contributed by atoms with Gasteiger partial charge in [0.15, 0.2) is 0 Å². The number of nitrogens with zero attached hydrogens (tertiary/aromatic N) is 5. The smallest absolute Gasteiger partial charge is 0.329 e. The number of halogens is 1. The van der Waals surface area contributed by atoms with E-state index >= 15 is 0 Å². The molecule has 1 aromatic rings. The maximum Gasteiger partial charge on any atom is 0.329 e. The Morgan fingerprint density at radius 2 is 2.16 bits per heavy atom. The first kappa shape index (κ1) is 14.0. The Kier molecular flexibility index (Phi) is 4.16. The number of aromatic nitrogens is 2. The Bertz CT molecular complexity index is 476. The molecular formula is C11H16ClN5O2. The monoisotopic (exact) mass is 285 g/mol. The predicted molar refractivity (Wildman–Crippen MR) is 72.6 cm³/mol. The number of nitro groups is 1. The van der Waals surface area contributed by atoms with Crippen LogP contribution < -0.4 is 4.90 Å². The van der Waals surface area contributed by atoms with Crippen LogP contribution in [0.15, 0.2) is 6.20 Å². The van der Waals surface area contributed by atoms with Crippen molar-refractivity contribution < 1.29 is 4.92 Å². The molecule has 0 radical (unpaired) electrons. The lowest BCUT2D eigenvalue weighted by Gasteiger charge is -2.35. The minimum atomic E-state index is -0.475. The average molecular weight is 286 g/mol. The van der Waals surface area contributed by atoms with Crippen LogP contribution in [-0.4, -0.2) is 53.0 Å². The molecule has 0 atom stereocenters. The lowest BCUT2D eigenvalue weighted by atomic mass is 10.0. The summed E-state index contributed by atoms with van der Waals surface area (Å²) in [6.07, 6.45) is 3.06. The van der Waals surface area contributed by atoms with Crippen LogP contribution in [-0.2, 0) is 0 Å². The van der Waals surface area contributed by atoms with Gasteiger partial charge in [-0.25, -0.2) is 4.98 Å². The highest BCUT2D eigenvalue weighted by molar-refractivity contribution is 6.28. The lowest BCUT2D eigenvalue weighted by Crippen LogP contribution is -2.42. The third-order valence-corrected chi connectivity index (χ3v) is 3.67. The van der Waals surface area contributed by atoms with E-state index in [0.717, 1.165) is 32.1 Å². The quantitative estimate of drug-likeness (QED) is 0.477. The number of likely N-dealkylation sites (tertiary alicyclic amines) is 1. The molecule has 1 aromatic heterocycles. The normalized spacial score (nSPS) is 17.4. The van der Waals surface area contributed by atoms with E-state index in [4.69, 9.17) is 11.6 Å². The standard InChI is InChI=1S/C11H16ClN5O2/c1-15-5-3-8(4-6-15)16(2)10-9(17(18)19)7-13-11(12)14-10/h7-8H,3-6H2,1-2H3. The molecule has 1 saturated heterocycles. The van der Waals surface area contributed by atoms with Gasteiger partial charge in [0.25, 0.3) is 0 Å². The van der Waals surface area contributed by atoms with Crippen molar-refractivity contribution in [2.24, 2.45) is 0 Å². The summed E-state index contributed by atoms with van der Waals surface area (Å²) in [6.45, 7) is 1.95. The Labute approximate surface area is 116 Å². The van der Waals surface area contributed by atoms with Crippen molar-refractivity contribution in [1.29, 1.82) is 0 Å². The van der Waals surface area contributed by atoms with E-state index in [0.29, 0.717) is 5.82 Å². The molecule has 0 N–H and O–H groups in total. The molecule has 8 heteroatoms. The third kappa shape index (κ3) is 3.10. The summed E-state index contributed by atoms with van der Waals surface area (Å²) in [6, 6.07) is 0.237. The first-order valence-electron chi connectivity index (χ1n) is 6.07. The summed E-state index contributed by atoms with van der Waals surface area (Å²) >= 11 is 5.75. The molecule has 1 aliphatic heterocycles. The van der Waals surface area contributed by atoms with Crippen LogP contribution in [0.4, 0.5) is 11.5 Å². The minimum absolute atomic E-state index is 0.0281. The molecule has 0 unspecified atom stereocenters. The van der Waals surface area contributed by atoms with Crippen molar-refractivity contribution in [2.75, 3.05) is 32.1 Å². The van der Waals surface area contributed by atoms with Gasteiger partial charge in [-0.3, -0.25) is 10.1 Å². The van der Waals surface area contributed by atoms with E-state index in [2.05, 4.69) is 21.9 Å². The molecule has 0 aliphatic carbocycles. The largest absolute Gasteiger partial charge is 0.351 e. The first-order valence-corrected chi connectivity index (χ1v) is 6.45. The van der Waals surface area contributed by atoms with E-state index < -0.39 is 4.92 Å². The van der Waals surface area contributed by atoms with Gasteiger partial charge in [-0.05, 0) is 44.6 Å². The number of piperidine rings is 1. The van der Waals surface area contributed by atoms with Crippen LogP contribution in [0.5, 0.6) is 0 Å². The average Bonchev–Trinajstić information content (AvgIpc) is 2.38. The zero-order valence-electron chi connectivity index (χ0n) is 10.9. The second-order valence-electron chi connectivity index (χ2n) is 4.75.